The van der Waals surface area contributed by atoms with Crippen molar-refractivity contribution in [1.82, 2.24) is 4.57 Å². The van der Waals surface area contributed by atoms with Gasteiger partial charge in [0.1, 0.15) is 4.88 Å². The second-order valence-corrected chi connectivity index (χ2v) is 7.38. The smallest absolute Gasteiger partial charge is 0.266 e. The fourth-order valence-electron chi connectivity index (χ4n) is 2.28. The van der Waals surface area contributed by atoms with Gasteiger partial charge in [0.15, 0.2) is 4.80 Å². The molecule has 0 fully saturated rings. The number of amides is 1. The van der Waals surface area contributed by atoms with Crippen LogP contribution in [0.5, 0.6) is 0 Å². The molecule has 0 aliphatic heterocycles. The van der Waals surface area contributed by atoms with Gasteiger partial charge in [-0.05, 0) is 37.1 Å². The second kappa shape index (κ2) is 12.1. The number of hydrogen-bond donors (Lipinski definition) is 1. The van der Waals surface area contributed by atoms with E-state index in [1.165, 1.54) is 17.4 Å². The Morgan fingerprint density at radius 2 is 1.85 bits per heavy atom. The first-order valence-electron chi connectivity index (χ1n) is 8.87. The minimum atomic E-state index is -0.316. The molecule has 2 rings (SSSR count). The fourth-order valence-corrected chi connectivity index (χ4v) is 3.35. The largest absolute Gasteiger partial charge is 0.321 e. The summed E-state index contributed by atoms with van der Waals surface area (Å²) < 4.78 is 1.67. The fraction of sp³-hybridized carbons (Fsp3) is 0.421. The standard InChI is InChI=1S/C19H24ClN3O2S.BrH/c1-3-5-11-21-19-23(12-6-4-2)17(24)13-16(26-19)18(25)22-15-9-7-14(20)8-10-15;/h7-10,13H,3-6,11-12H2,1-2H3,(H,22,25);1H. The van der Waals surface area contributed by atoms with Gasteiger partial charge in [0, 0.05) is 29.9 Å². The highest BCUT2D eigenvalue weighted by atomic mass is 79.9. The van der Waals surface area contributed by atoms with E-state index in [1.807, 2.05) is 0 Å². The molecule has 1 aromatic heterocycles. The SMILES string of the molecule is Br.CCCCN=c1sc(C(=O)Nc2ccc(Cl)cc2)cc(=O)n1CCCC. The Hall–Kier alpha value is -1.44. The summed E-state index contributed by atoms with van der Waals surface area (Å²) in [5, 5.41) is 3.39. The van der Waals surface area contributed by atoms with E-state index in [4.69, 9.17) is 11.6 Å². The monoisotopic (exact) mass is 473 g/mol. The van der Waals surface area contributed by atoms with E-state index in [-0.39, 0.29) is 28.4 Å². The van der Waals surface area contributed by atoms with Gasteiger partial charge in [-0.3, -0.25) is 19.1 Å². The molecular weight excluding hydrogens is 450 g/mol. The molecule has 0 aliphatic rings. The number of benzene rings is 1. The van der Waals surface area contributed by atoms with Gasteiger partial charge in [-0.1, -0.05) is 49.6 Å². The van der Waals surface area contributed by atoms with Gasteiger partial charge in [-0.25, -0.2) is 0 Å². The summed E-state index contributed by atoms with van der Waals surface area (Å²) in [5.41, 5.74) is 0.444. The molecule has 5 nitrogen and oxygen atoms in total. The van der Waals surface area contributed by atoms with Crippen LogP contribution >= 0.6 is 39.9 Å². The molecule has 1 N–H and O–H groups in total. The maximum absolute atomic E-state index is 12.5. The number of anilines is 1. The van der Waals surface area contributed by atoms with Crippen molar-refractivity contribution in [3.63, 3.8) is 0 Å². The van der Waals surface area contributed by atoms with Crippen molar-refractivity contribution in [2.45, 2.75) is 46.1 Å². The van der Waals surface area contributed by atoms with Gasteiger partial charge >= 0.3 is 0 Å². The third-order valence-corrected chi connectivity index (χ3v) is 5.08. The zero-order valence-electron chi connectivity index (χ0n) is 15.5. The van der Waals surface area contributed by atoms with E-state index in [9.17, 15) is 9.59 Å². The van der Waals surface area contributed by atoms with Crippen molar-refractivity contribution in [2.24, 2.45) is 4.99 Å². The quantitative estimate of drug-likeness (QED) is 0.553. The number of aromatic nitrogens is 1. The van der Waals surface area contributed by atoms with Crippen molar-refractivity contribution in [3.05, 3.63) is 55.4 Å². The summed E-state index contributed by atoms with van der Waals surface area (Å²) in [4.78, 5) is 30.6. The average Bonchev–Trinajstić information content (AvgIpc) is 2.63. The van der Waals surface area contributed by atoms with Crippen LogP contribution in [0.4, 0.5) is 5.69 Å². The van der Waals surface area contributed by atoms with Crippen LogP contribution in [0.15, 0.2) is 40.1 Å². The van der Waals surface area contributed by atoms with Gasteiger partial charge in [0.25, 0.3) is 11.5 Å². The number of rotatable bonds is 8. The van der Waals surface area contributed by atoms with Crippen LogP contribution in [0.25, 0.3) is 0 Å². The lowest BCUT2D eigenvalue weighted by Crippen LogP contribution is -2.33. The second-order valence-electron chi connectivity index (χ2n) is 5.93. The summed E-state index contributed by atoms with van der Waals surface area (Å²) in [6, 6.07) is 8.24. The third-order valence-electron chi connectivity index (χ3n) is 3.77. The molecule has 0 spiro atoms. The molecule has 27 heavy (non-hydrogen) atoms. The van der Waals surface area contributed by atoms with Crippen LogP contribution in [0.1, 0.15) is 49.2 Å². The number of halogens is 2. The Labute approximate surface area is 178 Å². The molecule has 148 valence electrons. The van der Waals surface area contributed by atoms with Crippen molar-refractivity contribution >= 4 is 51.5 Å². The maximum Gasteiger partial charge on any atom is 0.266 e. The van der Waals surface area contributed by atoms with Crippen LogP contribution in [-0.2, 0) is 6.54 Å². The van der Waals surface area contributed by atoms with Crippen LogP contribution in [-0.4, -0.2) is 17.0 Å². The zero-order valence-corrected chi connectivity index (χ0v) is 18.8. The first-order chi connectivity index (χ1) is 12.5. The molecule has 0 radical (unpaired) electrons. The molecule has 1 aromatic carbocycles. The number of carbonyl (C=O) groups excluding carboxylic acids is 1. The lowest BCUT2D eigenvalue weighted by molar-refractivity contribution is 0.103. The molecule has 0 atom stereocenters. The van der Waals surface area contributed by atoms with E-state index in [0.29, 0.717) is 33.5 Å². The summed E-state index contributed by atoms with van der Waals surface area (Å²) in [6.45, 7) is 5.45. The molecule has 0 aliphatic carbocycles. The first kappa shape index (κ1) is 23.6. The highest BCUT2D eigenvalue weighted by Gasteiger charge is 2.11. The average molecular weight is 475 g/mol. The lowest BCUT2D eigenvalue weighted by atomic mass is 10.3. The number of carbonyl (C=O) groups is 1. The number of nitrogens with zero attached hydrogens (tertiary/aromatic N) is 2. The topological polar surface area (TPSA) is 63.5 Å². The van der Waals surface area contributed by atoms with Crippen molar-refractivity contribution in [3.8, 4) is 0 Å². The maximum atomic E-state index is 12.5. The minimum Gasteiger partial charge on any atom is -0.321 e. The Morgan fingerprint density at radius 1 is 1.19 bits per heavy atom. The summed E-state index contributed by atoms with van der Waals surface area (Å²) in [7, 11) is 0. The Bertz CT molecular complexity index is 862. The van der Waals surface area contributed by atoms with Gasteiger partial charge < -0.3 is 5.32 Å². The lowest BCUT2D eigenvalue weighted by Gasteiger charge is -2.08. The van der Waals surface area contributed by atoms with Crippen LogP contribution in [0.2, 0.25) is 5.02 Å². The van der Waals surface area contributed by atoms with E-state index in [1.54, 1.807) is 28.8 Å². The van der Waals surface area contributed by atoms with Crippen LogP contribution < -0.4 is 15.7 Å². The molecule has 1 heterocycles. The van der Waals surface area contributed by atoms with Gasteiger partial charge in [0.05, 0.1) is 0 Å². The predicted octanol–water partition coefficient (Wildman–Crippen LogP) is 4.89. The molecule has 1 amide bonds. The minimum absolute atomic E-state index is 0. The number of nitrogens with one attached hydrogen (secondary N) is 1. The van der Waals surface area contributed by atoms with E-state index in [2.05, 4.69) is 24.2 Å². The molecule has 0 bridgehead atoms. The Kier molecular flexibility index (Phi) is 10.6. The molecule has 0 saturated heterocycles. The van der Waals surface area contributed by atoms with Gasteiger partial charge in [-0.15, -0.1) is 17.0 Å². The highest BCUT2D eigenvalue weighted by molar-refractivity contribution is 8.93. The van der Waals surface area contributed by atoms with Crippen LogP contribution in [0.3, 0.4) is 0 Å². The Balaban J connectivity index is 0.00000364. The van der Waals surface area contributed by atoms with E-state index < -0.39 is 0 Å². The molecule has 8 heteroatoms. The van der Waals surface area contributed by atoms with Gasteiger partial charge in [-0.2, -0.15) is 0 Å². The van der Waals surface area contributed by atoms with Crippen molar-refractivity contribution < 1.29 is 4.79 Å². The number of hydrogen-bond acceptors (Lipinski definition) is 4. The van der Waals surface area contributed by atoms with Gasteiger partial charge in [0.2, 0.25) is 0 Å². The Morgan fingerprint density at radius 3 is 2.48 bits per heavy atom. The van der Waals surface area contributed by atoms with Crippen LogP contribution in [0, 0.1) is 0 Å². The molecule has 0 unspecified atom stereocenters. The van der Waals surface area contributed by atoms with Crippen molar-refractivity contribution in [1.29, 1.82) is 0 Å². The predicted molar refractivity (Wildman–Crippen MR) is 119 cm³/mol. The summed E-state index contributed by atoms with van der Waals surface area (Å²) in [5.74, 6) is -0.316. The normalized spacial score (nSPS) is 11.1. The highest BCUT2D eigenvalue weighted by Crippen LogP contribution is 2.14. The first-order valence-corrected chi connectivity index (χ1v) is 10.1. The van der Waals surface area contributed by atoms with E-state index in [0.717, 1.165) is 25.7 Å². The zero-order chi connectivity index (χ0) is 18.9. The molecule has 0 saturated carbocycles. The number of unbranched alkanes of at least 4 members (excludes halogenated alkanes) is 2. The summed E-state index contributed by atoms with van der Waals surface area (Å²) >= 11 is 7.11. The summed E-state index contributed by atoms with van der Waals surface area (Å²) in [6.07, 6.45) is 3.88. The van der Waals surface area contributed by atoms with E-state index >= 15 is 0 Å². The third kappa shape index (κ3) is 7.24. The molecular formula is C19H25BrClN3O2S. The molecule has 2 aromatic rings. The van der Waals surface area contributed by atoms with Crippen molar-refractivity contribution in [2.75, 3.05) is 11.9 Å².